The number of benzene rings is 1. The zero-order valence-corrected chi connectivity index (χ0v) is 12.8. The molecule has 0 amide bonds. The lowest BCUT2D eigenvalue weighted by Crippen LogP contribution is -2.28. The van der Waals surface area contributed by atoms with E-state index in [1.54, 1.807) is 18.2 Å². The second kappa shape index (κ2) is 5.95. The first-order valence-corrected chi connectivity index (χ1v) is 7.44. The molecule has 19 heavy (non-hydrogen) atoms. The van der Waals surface area contributed by atoms with Crippen molar-refractivity contribution >= 4 is 21.9 Å². The van der Waals surface area contributed by atoms with Gasteiger partial charge in [0.2, 0.25) is 0 Å². The van der Waals surface area contributed by atoms with Crippen LogP contribution in [-0.4, -0.2) is 17.2 Å². The normalized spacial score (nSPS) is 27.0. The van der Waals surface area contributed by atoms with Crippen molar-refractivity contribution < 1.29 is 14.6 Å². The third kappa shape index (κ3) is 3.72. The molecule has 3 nitrogen and oxygen atoms in total. The molecule has 0 heterocycles. The molecule has 1 aliphatic carbocycles. The van der Waals surface area contributed by atoms with Crippen LogP contribution in [0.4, 0.5) is 0 Å². The lowest BCUT2D eigenvalue weighted by molar-refractivity contribution is 0.0693. The molecule has 0 radical (unpaired) electrons. The van der Waals surface area contributed by atoms with Gasteiger partial charge in [-0.2, -0.15) is 0 Å². The molecule has 1 aromatic rings. The van der Waals surface area contributed by atoms with Crippen molar-refractivity contribution in [1.29, 1.82) is 0 Å². The van der Waals surface area contributed by atoms with Gasteiger partial charge in [0.1, 0.15) is 5.75 Å². The first-order chi connectivity index (χ1) is 8.95. The van der Waals surface area contributed by atoms with E-state index in [0.717, 1.165) is 17.3 Å². The number of carboxylic acids is 1. The molecule has 104 valence electrons. The highest BCUT2D eigenvalue weighted by molar-refractivity contribution is 9.10. The molecule has 0 aliphatic heterocycles. The number of carboxylic acid groups (broad SMARTS) is 1. The van der Waals surface area contributed by atoms with Crippen molar-refractivity contribution in [3.63, 3.8) is 0 Å². The molecule has 4 heteroatoms. The molecule has 1 N–H and O–H groups in total. The number of aromatic carboxylic acids is 1. The number of ether oxygens (including phenoxy) is 1. The maximum absolute atomic E-state index is 11.0. The molecule has 0 spiro atoms. The van der Waals surface area contributed by atoms with E-state index in [0.29, 0.717) is 17.6 Å². The summed E-state index contributed by atoms with van der Waals surface area (Å²) < 4.78 is 6.82. The van der Waals surface area contributed by atoms with Gasteiger partial charge in [-0.1, -0.05) is 13.8 Å². The number of carbonyl (C=O) groups is 1. The Kier molecular flexibility index (Phi) is 4.50. The quantitative estimate of drug-likeness (QED) is 0.898. The first-order valence-electron chi connectivity index (χ1n) is 6.65. The first kappa shape index (κ1) is 14.4. The Hall–Kier alpha value is -1.03. The molecule has 1 saturated carbocycles. The van der Waals surface area contributed by atoms with E-state index in [2.05, 4.69) is 29.8 Å². The van der Waals surface area contributed by atoms with Crippen molar-refractivity contribution in [3.05, 3.63) is 28.2 Å². The third-order valence-electron chi connectivity index (χ3n) is 3.61. The van der Waals surface area contributed by atoms with E-state index >= 15 is 0 Å². The van der Waals surface area contributed by atoms with Crippen LogP contribution >= 0.6 is 15.9 Å². The molecule has 2 rings (SSSR count). The molecule has 0 aromatic heterocycles. The summed E-state index contributed by atoms with van der Waals surface area (Å²) in [5, 5.41) is 9.02. The lowest BCUT2D eigenvalue weighted by Gasteiger charge is -2.32. The highest BCUT2D eigenvalue weighted by Gasteiger charge is 2.25. The van der Waals surface area contributed by atoms with E-state index in [1.165, 1.54) is 6.42 Å². The Morgan fingerprint density at radius 2 is 1.89 bits per heavy atom. The minimum atomic E-state index is -0.928. The van der Waals surface area contributed by atoms with Crippen LogP contribution in [0.3, 0.4) is 0 Å². The third-order valence-corrected chi connectivity index (χ3v) is 4.26. The predicted octanol–water partition coefficient (Wildman–Crippen LogP) is 4.35. The van der Waals surface area contributed by atoms with Gasteiger partial charge in [0.05, 0.1) is 16.1 Å². The van der Waals surface area contributed by atoms with Crippen LogP contribution < -0.4 is 4.74 Å². The van der Waals surface area contributed by atoms with Crippen molar-refractivity contribution in [2.75, 3.05) is 0 Å². The molecular formula is C15H19BrO3. The maximum Gasteiger partial charge on any atom is 0.335 e. The summed E-state index contributed by atoms with van der Waals surface area (Å²) in [5.74, 6) is 1.03. The smallest absolute Gasteiger partial charge is 0.335 e. The van der Waals surface area contributed by atoms with Gasteiger partial charge >= 0.3 is 5.97 Å². The highest BCUT2D eigenvalue weighted by Crippen LogP contribution is 2.34. The Morgan fingerprint density at radius 3 is 2.47 bits per heavy atom. The van der Waals surface area contributed by atoms with E-state index in [9.17, 15) is 4.79 Å². The van der Waals surface area contributed by atoms with Gasteiger partial charge in [-0.05, 0) is 65.2 Å². The van der Waals surface area contributed by atoms with Gasteiger partial charge in [0.25, 0.3) is 0 Å². The molecule has 1 fully saturated rings. The molecule has 2 atom stereocenters. The van der Waals surface area contributed by atoms with Crippen molar-refractivity contribution in [2.45, 2.75) is 39.2 Å². The zero-order valence-electron chi connectivity index (χ0n) is 11.2. The summed E-state index contributed by atoms with van der Waals surface area (Å²) in [4.78, 5) is 11.0. The molecule has 1 aliphatic rings. The number of hydrogen-bond donors (Lipinski definition) is 1. The summed E-state index contributed by atoms with van der Waals surface area (Å²) >= 11 is 3.42. The Labute approximate surface area is 122 Å². The zero-order chi connectivity index (χ0) is 14.0. The van der Waals surface area contributed by atoms with Gasteiger partial charge < -0.3 is 9.84 Å². The van der Waals surface area contributed by atoms with Gasteiger partial charge in [0, 0.05) is 0 Å². The van der Waals surface area contributed by atoms with Crippen molar-refractivity contribution in [1.82, 2.24) is 0 Å². The summed E-state index contributed by atoms with van der Waals surface area (Å²) in [5.41, 5.74) is 0.259. The fraction of sp³-hybridized carbons (Fsp3) is 0.533. The average Bonchev–Trinajstić information content (AvgIpc) is 2.30. The fourth-order valence-corrected chi connectivity index (χ4v) is 3.22. The molecule has 2 unspecified atom stereocenters. The topological polar surface area (TPSA) is 46.5 Å². The SMILES string of the molecule is CC1CC(C)CC(Oc2cc(C(=O)O)ccc2Br)C1. The Balaban J connectivity index is 2.13. The van der Waals surface area contributed by atoms with Crippen LogP contribution in [0.5, 0.6) is 5.75 Å². The fourth-order valence-electron chi connectivity index (χ4n) is 2.88. The Morgan fingerprint density at radius 1 is 1.26 bits per heavy atom. The number of hydrogen-bond acceptors (Lipinski definition) is 2. The standard InChI is InChI=1S/C15H19BrO3/c1-9-5-10(2)7-12(6-9)19-14-8-11(15(17)18)3-4-13(14)16/h3-4,8-10,12H,5-7H2,1-2H3,(H,17,18). The predicted molar refractivity (Wildman–Crippen MR) is 77.7 cm³/mol. The van der Waals surface area contributed by atoms with Crippen LogP contribution in [0, 0.1) is 11.8 Å². The Bertz CT molecular complexity index is 462. The second-order valence-electron chi connectivity index (χ2n) is 5.61. The molecule has 0 saturated heterocycles. The number of rotatable bonds is 3. The minimum Gasteiger partial charge on any atom is -0.489 e. The summed E-state index contributed by atoms with van der Waals surface area (Å²) in [6.07, 6.45) is 3.50. The average molecular weight is 327 g/mol. The summed E-state index contributed by atoms with van der Waals surface area (Å²) in [7, 11) is 0. The van der Waals surface area contributed by atoms with Crippen LogP contribution in [0.1, 0.15) is 43.5 Å². The second-order valence-corrected chi connectivity index (χ2v) is 6.46. The maximum atomic E-state index is 11.0. The van der Waals surface area contributed by atoms with Gasteiger partial charge in [-0.15, -0.1) is 0 Å². The van der Waals surface area contributed by atoms with E-state index < -0.39 is 5.97 Å². The van der Waals surface area contributed by atoms with Crippen LogP contribution in [-0.2, 0) is 0 Å². The summed E-state index contributed by atoms with van der Waals surface area (Å²) in [6, 6.07) is 4.90. The molecule has 0 bridgehead atoms. The highest BCUT2D eigenvalue weighted by atomic mass is 79.9. The molecular weight excluding hydrogens is 308 g/mol. The summed E-state index contributed by atoms with van der Waals surface area (Å²) in [6.45, 7) is 4.49. The monoisotopic (exact) mass is 326 g/mol. The molecule has 1 aromatic carbocycles. The van der Waals surface area contributed by atoms with Crippen LogP contribution in [0.25, 0.3) is 0 Å². The van der Waals surface area contributed by atoms with E-state index in [4.69, 9.17) is 9.84 Å². The van der Waals surface area contributed by atoms with Crippen LogP contribution in [0.2, 0.25) is 0 Å². The lowest BCUT2D eigenvalue weighted by atomic mass is 9.82. The minimum absolute atomic E-state index is 0.180. The number of halogens is 1. The van der Waals surface area contributed by atoms with Gasteiger partial charge in [-0.3, -0.25) is 0 Å². The van der Waals surface area contributed by atoms with E-state index in [1.807, 2.05) is 0 Å². The van der Waals surface area contributed by atoms with Gasteiger partial charge in [0.15, 0.2) is 0 Å². The van der Waals surface area contributed by atoms with Crippen molar-refractivity contribution in [2.24, 2.45) is 11.8 Å². The van der Waals surface area contributed by atoms with Crippen molar-refractivity contribution in [3.8, 4) is 5.75 Å². The van der Waals surface area contributed by atoms with Crippen LogP contribution in [0.15, 0.2) is 22.7 Å². The largest absolute Gasteiger partial charge is 0.489 e. The van der Waals surface area contributed by atoms with Gasteiger partial charge in [-0.25, -0.2) is 4.79 Å². The van der Waals surface area contributed by atoms with E-state index in [-0.39, 0.29) is 11.7 Å².